The van der Waals surface area contributed by atoms with Crippen molar-refractivity contribution in [2.45, 2.75) is 18.9 Å². The first kappa shape index (κ1) is 12.3. The zero-order chi connectivity index (χ0) is 12.3. The van der Waals surface area contributed by atoms with Gasteiger partial charge in [0.2, 0.25) is 17.2 Å². The largest absolute Gasteiger partial charge is 0.381 e. The van der Waals surface area contributed by atoms with Crippen LogP contribution < -0.4 is 10.2 Å². The number of piperidine rings is 1. The van der Waals surface area contributed by atoms with Crippen molar-refractivity contribution in [3.8, 4) is 0 Å². The molecule has 0 amide bonds. The number of halogens is 1. The van der Waals surface area contributed by atoms with Crippen LogP contribution in [0.5, 0.6) is 0 Å². The molecule has 0 spiro atoms. The summed E-state index contributed by atoms with van der Waals surface area (Å²) in [7, 11) is 3.51. The van der Waals surface area contributed by atoms with E-state index < -0.39 is 0 Å². The van der Waals surface area contributed by atoms with E-state index in [1.165, 1.54) is 0 Å². The van der Waals surface area contributed by atoms with E-state index in [0.29, 0.717) is 18.0 Å². The van der Waals surface area contributed by atoms with Crippen molar-refractivity contribution in [2.24, 2.45) is 0 Å². The van der Waals surface area contributed by atoms with Gasteiger partial charge >= 0.3 is 0 Å². The molecule has 0 unspecified atom stereocenters. The molecule has 7 heteroatoms. The van der Waals surface area contributed by atoms with Crippen LogP contribution in [-0.4, -0.2) is 48.3 Å². The second kappa shape index (κ2) is 5.46. The molecular formula is C10H16ClN5O. The zero-order valence-corrected chi connectivity index (χ0v) is 10.7. The van der Waals surface area contributed by atoms with Gasteiger partial charge in [-0.25, -0.2) is 0 Å². The van der Waals surface area contributed by atoms with Crippen molar-refractivity contribution >= 4 is 23.5 Å². The minimum Gasteiger partial charge on any atom is -0.381 e. The maximum Gasteiger partial charge on any atom is 0.231 e. The van der Waals surface area contributed by atoms with Gasteiger partial charge in [-0.2, -0.15) is 15.0 Å². The molecule has 1 aromatic rings. The van der Waals surface area contributed by atoms with E-state index in [-0.39, 0.29) is 5.28 Å². The van der Waals surface area contributed by atoms with Gasteiger partial charge < -0.3 is 15.0 Å². The van der Waals surface area contributed by atoms with E-state index in [0.717, 1.165) is 25.9 Å². The Morgan fingerprint density at radius 1 is 1.29 bits per heavy atom. The first-order chi connectivity index (χ1) is 8.22. The molecule has 1 fully saturated rings. The van der Waals surface area contributed by atoms with Gasteiger partial charge in [0.25, 0.3) is 0 Å². The summed E-state index contributed by atoms with van der Waals surface area (Å²) >= 11 is 5.85. The summed E-state index contributed by atoms with van der Waals surface area (Å²) in [6.07, 6.45) is 2.30. The molecule has 1 saturated heterocycles. The molecule has 0 aliphatic carbocycles. The lowest BCUT2D eigenvalue weighted by atomic mass is 10.1. The van der Waals surface area contributed by atoms with Crippen LogP contribution in [0.2, 0.25) is 5.28 Å². The van der Waals surface area contributed by atoms with E-state index in [2.05, 4.69) is 25.2 Å². The number of anilines is 2. The second-order valence-corrected chi connectivity index (χ2v) is 4.24. The fraction of sp³-hybridized carbons (Fsp3) is 0.700. The van der Waals surface area contributed by atoms with E-state index in [1.807, 2.05) is 0 Å². The van der Waals surface area contributed by atoms with Crippen LogP contribution in [0, 0.1) is 0 Å². The van der Waals surface area contributed by atoms with Crippen molar-refractivity contribution in [1.82, 2.24) is 15.0 Å². The van der Waals surface area contributed by atoms with Crippen molar-refractivity contribution in [2.75, 3.05) is 37.5 Å². The zero-order valence-electron chi connectivity index (χ0n) is 9.98. The first-order valence-electron chi connectivity index (χ1n) is 5.60. The number of nitrogens with one attached hydrogen (secondary N) is 1. The van der Waals surface area contributed by atoms with Gasteiger partial charge in [-0.05, 0) is 24.4 Å². The fourth-order valence-electron chi connectivity index (χ4n) is 1.88. The molecule has 17 heavy (non-hydrogen) atoms. The topological polar surface area (TPSA) is 63.2 Å². The highest BCUT2D eigenvalue weighted by Gasteiger charge is 2.21. The lowest BCUT2D eigenvalue weighted by Gasteiger charge is -2.31. The minimum absolute atomic E-state index is 0.216. The number of hydrogen-bond donors (Lipinski definition) is 1. The fourth-order valence-corrected chi connectivity index (χ4v) is 2.04. The summed E-state index contributed by atoms with van der Waals surface area (Å²) in [5.41, 5.74) is 0. The highest BCUT2D eigenvalue weighted by Crippen LogP contribution is 2.19. The quantitative estimate of drug-likeness (QED) is 0.877. The third-order valence-corrected chi connectivity index (χ3v) is 3.05. The van der Waals surface area contributed by atoms with Gasteiger partial charge in [-0.15, -0.1) is 0 Å². The van der Waals surface area contributed by atoms with Crippen LogP contribution in [0.3, 0.4) is 0 Å². The number of ether oxygens (including phenoxy) is 1. The number of nitrogens with zero attached hydrogens (tertiary/aromatic N) is 4. The summed E-state index contributed by atoms with van der Waals surface area (Å²) in [5.74, 6) is 1.12. The summed E-state index contributed by atoms with van der Waals surface area (Å²) < 4.78 is 5.33. The smallest absolute Gasteiger partial charge is 0.231 e. The Hall–Kier alpha value is -1.14. The normalized spacial score (nSPS) is 17.2. The molecule has 6 nitrogen and oxygen atoms in total. The summed E-state index contributed by atoms with van der Waals surface area (Å²) in [4.78, 5) is 14.5. The van der Waals surface area contributed by atoms with E-state index in [1.54, 1.807) is 14.2 Å². The molecular weight excluding hydrogens is 242 g/mol. The molecule has 1 N–H and O–H groups in total. The highest BCUT2D eigenvalue weighted by atomic mass is 35.5. The highest BCUT2D eigenvalue weighted by molar-refractivity contribution is 6.28. The van der Waals surface area contributed by atoms with Crippen molar-refractivity contribution in [1.29, 1.82) is 0 Å². The van der Waals surface area contributed by atoms with E-state index in [4.69, 9.17) is 16.3 Å². The van der Waals surface area contributed by atoms with Crippen molar-refractivity contribution in [3.63, 3.8) is 0 Å². The van der Waals surface area contributed by atoms with Crippen LogP contribution in [0.15, 0.2) is 0 Å². The number of rotatable bonds is 3. The van der Waals surface area contributed by atoms with E-state index in [9.17, 15) is 0 Å². The molecule has 0 radical (unpaired) electrons. The SMILES string of the molecule is CNc1nc(Cl)nc(N2CCC(OC)CC2)n1. The predicted octanol–water partition coefficient (Wildman–Crippen LogP) is 1.18. The molecule has 0 atom stereocenters. The van der Waals surface area contributed by atoms with Gasteiger partial charge in [-0.3, -0.25) is 0 Å². The maximum atomic E-state index is 5.85. The number of aromatic nitrogens is 3. The average Bonchev–Trinajstić information content (AvgIpc) is 2.38. The molecule has 2 heterocycles. The molecule has 1 aliphatic heterocycles. The summed E-state index contributed by atoms with van der Waals surface area (Å²) in [6.45, 7) is 1.75. The molecule has 0 saturated carbocycles. The van der Waals surface area contributed by atoms with Crippen LogP contribution in [0.4, 0.5) is 11.9 Å². The van der Waals surface area contributed by atoms with Crippen LogP contribution >= 0.6 is 11.6 Å². The monoisotopic (exact) mass is 257 g/mol. The van der Waals surface area contributed by atoms with Crippen LogP contribution in [-0.2, 0) is 4.74 Å². The van der Waals surface area contributed by atoms with Gasteiger partial charge in [-0.1, -0.05) is 0 Å². The molecule has 0 bridgehead atoms. The Balaban J connectivity index is 2.10. The van der Waals surface area contributed by atoms with E-state index >= 15 is 0 Å². The third-order valence-electron chi connectivity index (χ3n) is 2.88. The Labute approximate surface area is 105 Å². The van der Waals surface area contributed by atoms with Crippen molar-refractivity contribution < 1.29 is 4.74 Å². The molecule has 94 valence electrons. The number of hydrogen-bond acceptors (Lipinski definition) is 6. The minimum atomic E-state index is 0.216. The lowest BCUT2D eigenvalue weighted by molar-refractivity contribution is 0.0816. The van der Waals surface area contributed by atoms with Gasteiger partial charge in [0.05, 0.1) is 6.10 Å². The molecule has 0 aromatic carbocycles. The third kappa shape index (κ3) is 2.95. The predicted molar refractivity (Wildman–Crippen MR) is 66.6 cm³/mol. The number of methoxy groups -OCH3 is 1. The summed E-state index contributed by atoms with van der Waals surface area (Å²) in [5, 5.41) is 3.09. The van der Waals surface area contributed by atoms with Gasteiger partial charge in [0.15, 0.2) is 0 Å². The lowest BCUT2D eigenvalue weighted by Crippen LogP contribution is -2.37. The Bertz CT molecular complexity index is 381. The van der Waals surface area contributed by atoms with Gasteiger partial charge in [0.1, 0.15) is 0 Å². The first-order valence-corrected chi connectivity index (χ1v) is 5.98. The summed E-state index contributed by atoms with van der Waals surface area (Å²) in [6, 6.07) is 0. The Morgan fingerprint density at radius 3 is 2.59 bits per heavy atom. The maximum absolute atomic E-state index is 5.85. The van der Waals surface area contributed by atoms with Crippen molar-refractivity contribution in [3.05, 3.63) is 5.28 Å². The standard InChI is InChI=1S/C10H16ClN5O/c1-12-9-13-8(11)14-10(15-9)16-5-3-7(17-2)4-6-16/h7H,3-6H2,1-2H3,(H,12,13,14,15). The molecule has 1 aromatic heterocycles. The molecule has 2 rings (SSSR count). The second-order valence-electron chi connectivity index (χ2n) is 3.90. The van der Waals surface area contributed by atoms with Crippen LogP contribution in [0.25, 0.3) is 0 Å². The van der Waals surface area contributed by atoms with Crippen LogP contribution in [0.1, 0.15) is 12.8 Å². The molecule has 1 aliphatic rings. The van der Waals surface area contributed by atoms with Gasteiger partial charge in [0, 0.05) is 27.2 Å². The Morgan fingerprint density at radius 2 is 2.00 bits per heavy atom. The Kier molecular flexibility index (Phi) is 3.96. The average molecular weight is 258 g/mol.